The van der Waals surface area contributed by atoms with E-state index in [2.05, 4.69) is 10.9 Å². The standard InChI is InChI=1S/C8H7FN2/c1-3-6-4-7(9)8(10)11-5(6)2/h1,4H,2H3,(H2,10,11). The number of nitrogens with two attached hydrogens (primary N) is 1. The highest BCUT2D eigenvalue weighted by atomic mass is 19.1. The Morgan fingerprint density at radius 1 is 1.73 bits per heavy atom. The van der Waals surface area contributed by atoms with Gasteiger partial charge in [0.25, 0.3) is 0 Å². The molecule has 2 N–H and O–H groups in total. The third-order valence-corrected chi connectivity index (χ3v) is 1.35. The number of anilines is 1. The van der Waals surface area contributed by atoms with E-state index in [4.69, 9.17) is 12.2 Å². The van der Waals surface area contributed by atoms with Crippen LogP contribution in [-0.4, -0.2) is 4.98 Å². The molecule has 2 nitrogen and oxygen atoms in total. The van der Waals surface area contributed by atoms with Gasteiger partial charge < -0.3 is 5.73 Å². The number of halogens is 1. The van der Waals surface area contributed by atoms with Gasteiger partial charge in [0.2, 0.25) is 0 Å². The summed E-state index contributed by atoms with van der Waals surface area (Å²) in [6, 6.07) is 1.21. The van der Waals surface area contributed by atoms with Crippen molar-refractivity contribution in [2.75, 3.05) is 5.73 Å². The Morgan fingerprint density at radius 3 is 2.91 bits per heavy atom. The maximum Gasteiger partial charge on any atom is 0.166 e. The van der Waals surface area contributed by atoms with Gasteiger partial charge in [-0.05, 0) is 13.0 Å². The zero-order chi connectivity index (χ0) is 8.43. The van der Waals surface area contributed by atoms with E-state index in [1.54, 1.807) is 6.92 Å². The molecule has 0 aliphatic heterocycles. The molecule has 0 unspecified atom stereocenters. The van der Waals surface area contributed by atoms with Gasteiger partial charge in [0.05, 0.1) is 5.69 Å². The van der Waals surface area contributed by atoms with Gasteiger partial charge in [-0.15, -0.1) is 6.42 Å². The number of hydrogen-bond acceptors (Lipinski definition) is 2. The van der Waals surface area contributed by atoms with E-state index < -0.39 is 5.82 Å². The number of aryl methyl sites for hydroxylation is 1. The van der Waals surface area contributed by atoms with E-state index in [9.17, 15) is 4.39 Å². The molecule has 0 aliphatic carbocycles. The number of nitrogens with zero attached hydrogens (tertiary/aromatic N) is 1. The van der Waals surface area contributed by atoms with Crippen LogP contribution in [0.25, 0.3) is 0 Å². The van der Waals surface area contributed by atoms with Gasteiger partial charge in [-0.25, -0.2) is 9.37 Å². The van der Waals surface area contributed by atoms with E-state index in [1.807, 2.05) is 0 Å². The van der Waals surface area contributed by atoms with Gasteiger partial charge in [0.15, 0.2) is 11.6 Å². The van der Waals surface area contributed by atoms with Crippen LogP contribution in [0.1, 0.15) is 11.3 Å². The van der Waals surface area contributed by atoms with E-state index in [-0.39, 0.29) is 5.82 Å². The summed E-state index contributed by atoms with van der Waals surface area (Å²) >= 11 is 0. The van der Waals surface area contributed by atoms with Crippen LogP contribution >= 0.6 is 0 Å². The van der Waals surface area contributed by atoms with Crippen LogP contribution in [0, 0.1) is 25.1 Å². The molecule has 0 fully saturated rings. The molecule has 0 atom stereocenters. The Hall–Kier alpha value is -1.56. The van der Waals surface area contributed by atoms with Crippen LogP contribution in [0.15, 0.2) is 6.07 Å². The van der Waals surface area contributed by atoms with Crippen LogP contribution in [-0.2, 0) is 0 Å². The maximum atomic E-state index is 12.7. The number of hydrogen-bond donors (Lipinski definition) is 1. The fourth-order valence-electron chi connectivity index (χ4n) is 0.746. The number of rotatable bonds is 0. The number of pyridine rings is 1. The second-order valence-corrected chi connectivity index (χ2v) is 2.13. The lowest BCUT2D eigenvalue weighted by molar-refractivity contribution is 0.625. The van der Waals surface area contributed by atoms with Gasteiger partial charge in [0.1, 0.15) is 0 Å². The Bertz CT molecular complexity index is 326. The molecule has 1 aromatic heterocycles. The van der Waals surface area contributed by atoms with Crippen molar-refractivity contribution < 1.29 is 4.39 Å². The lowest BCUT2D eigenvalue weighted by Crippen LogP contribution is -1.98. The van der Waals surface area contributed by atoms with Crippen molar-refractivity contribution in [2.24, 2.45) is 0 Å². The van der Waals surface area contributed by atoms with Crippen LogP contribution < -0.4 is 5.73 Å². The molecule has 0 radical (unpaired) electrons. The summed E-state index contributed by atoms with van der Waals surface area (Å²) in [6.45, 7) is 1.69. The molecule has 1 rings (SSSR count). The molecule has 0 aromatic carbocycles. The Morgan fingerprint density at radius 2 is 2.36 bits per heavy atom. The first-order valence-corrected chi connectivity index (χ1v) is 3.04. The topological polar surface area (TPSA) is 38.9 Å². The predicted molar refractivity (Wildman–Crippen MR) is 41.3 cm³/mol. The number of aromatic nitrogens is 1. The summed E-state index contributed by atoms with van der Waals surface area (Å²) in [5.41, 5.74) is 6.21. The fourth-order valence-corrected chi connectivity index (χ4v) is 0.746. The van der Waals surface area contributed by atoms with Crippen molar-refractivity contribution >= 4 is 5.82 Å². The van der Waals surface area contributed by atoms with Gasteiger partial charge in [0, 0.05) is 5.56 Å². The Kier molecular flexibility index (Phi) is 1.77. The van der Waals surface area contributed by atoms with Crippen molar-refractivity contribution in [1.82, 2.24) is 4.98 Å². The minimum atomic E-state index is -0.566. The summed E-state index contributed by atoms with van der Waals surface area (Å²) in [5, 5.41) is 0. The molecule has 1 aromatic rings. The maximum absolute atomic E-state index is 12.7. The van der Waals surface area contributed by atoms with Gasteiger partial charge in [-0.3, -0.25) is 0 Å². The first-order chi connectivity index (χ1) is 5.15. The Balaban J connectivity index is 3.35. The quantitative estimate of drug-likeness (QED) is 0.562. The molecule has 0 spiro atoms. The van der Waals surface area contributed by atoms with Gasteiger partial charge >= 0.3 is 0 Å². The number of nitrogen functional groups attached to an aromatic ring is 1. The summed E-state index contributed by atoms with van der Waals surface area (Å²) in [7, 11) is 0. The van der Waals surface area contributed by atoms with Crippen molar-refractivity contribution in [3.8, 4) is 12.3 Å². The molecule has 0 aliphatic rings. The number of terminal acetylenes is 1. The van der Waals surface area contributed by atoms with E-state index in [0.29, 0.717) is 11.3 Å². The second kappa shape index (κ2) is 2.59. The van der Waals surface area contributed by atoms with Crippen molar-refractivity contribution in [3.05, 3.63) is 23.1 Å². The molecule has 1 heterocycles. The fraction of sp³-hybridized carbons (Fsp3) is 0.125. The molecular weight excluding hydrogens is 143 g/mol. The first kappa shape index (κ1) is 7.55. The average Bonchev–Trinajstić information content (AvgIpc) is 1.97. The predicted octanol–water partition coefficient (Wildman–Crippen LogP) is 1.09. The van der Waals surface area contributed by atoms with Crippen LogP contribution in [0.2, 0.25) is 0 Å². The monoisotopic (exact) mass is 150 g/mol. The highest BCUT2D eigenvalue weighted by molar-refractivity contribution is 5.42. The zero-order valence-corrected chi connectivity index (χ0v) is 6.06. The first-order valence-electron chi connectivity index (χ1n) is 3.04. The average molecular weight is 150 g/mol. The van der Waals surface area contributed by atoms with Gasteiger partial charge in [-0.1, -0.05) is 5.92 Å². The summed E-state index contributed by atoms with van der Waals surface area (Å²) in [5.74, 6) is 1.63. The van der Waals surface area contributed by atoms with E-state index in [0.717, 1.165) is 0 Å². The second-order valence-electron chi connectivity index (χ2n) is 2.13. The van der Waals surface area contributed by atoms with Crippen LogP contribution in [0.3, 0.4) is 0 Å². The van der Waals surface area contributed by atoms with E-state index >= 15 is 0 Å². The van der Waals surface area contributed by atoms with Crippen molar-refractivity contribution in [1.29, 1.82) is 0 Å². The molecule has 3 heteroatoms. The van der Waals surface area contributed by atoms with Gasteiger partial charge in [-0.2, -0.15) is 0 Å². The molecule has 0 saturated heterocycles. The molecule has 11 heavy (non-hydrogen) atoms. The zero-order valence-electron chi connectivity index (χ0n) is 6.06. The third-order valence-electron chi connectivity index (χ3n) is 1.35. The summed E-state index contributed by atoms with van der Waals surface area (Å²) in [4.78, 5) is 3.70. The smallest absolute Gasteiger partial charge is 0.166 e. The Labute approximate surface area is 64.3 Å². The van der Waals surface area contributed by atoms with E-state index in [1.165, 1.54) is 6.07 Å². The summed E-state index contributed by atoms with van der Waals surface area (Å²) in [6.07, 6.45) is 5.07. The SMILES string of the molecule is C#Cc1cc(F)c(N)nc1C. The van der Waals surface area contributed by atoms with Crippen molar-refractivity contribution in [3.63, 3.8) is 0 Å². The molecule has 56 valence electrons. The molecule has 0 bridgehead atoms. The minimum Gasteiger partial charge on any atom is -0.381 e. The largest absolute Gasteiger partial charge is 0.381 e. The van der Waals surface area contributed by atoms with Crippen LogP contribution in [0.5, 0.6) is 0 Å². The minimum absolute atomic E-state index is 0.110. The third kappa shape index (κ3) is 1.30. The molecule has 0 amide bonds. The highest BCUT2D eigenvalue weighted by Gasteiger charge is 2.03. The normalized spacial score (nSPS) is 9.18. The molecule has 0 saturated carbocycles. The molecular formula is C8H7FN2. The van der Waals surface area contributed by atoms with Crippen molar-refractivity contribution in [2.45, 2.75) is 6.92 Å². The summed E-state index contributed by atoms with van der Waals surface area (Å²) < 4.78 is 12.7. The van der Waals surface area contributed by atoms with Crippen LogP contribution in [0.4, 0.5) is 10.2 Å². The lowest BCUT2D eigenvalue weighted by atomic mass is 10.2. The highest BCUT2D eigenvalue weighted by Crippen LogP contribution is 2.11. The lowest BCUT2D eigenvalue weighted by Gasteiger charge is -1.99.